The highest BCUT2D eigenvalue weighted by molar-refractivity contribution is 7.93. The highest BCUT2D eigenvalue weighted by atomic mass is 35.5. The summed E-state index contributed by atoms with van der Waals surface area (Å²) < 4.78 is 26.6. The fourth-order valence-electron chi connectivity index (χ4n) is 1.42. The van der Waals surface area contributed by atoms with E-state index in [0.717, 1.165) is 17.4 Å². The summed E-state index contributed by atoms with van der Waals surface area (Å²) in [6.07, 6.45) is 1.30. The molecular weight excluding hydrogens is 326 g/mol. The Morgan fingerprint density at radius 3 is 2.75 bits per heavy atom. The quantitative estimate of drug-likeness (QED) is 0.828. The van der Waals surface area contributed by atoms with E-state index in [-0.39, 0.29) is 20.9 Å². The first-order valence-corrected chi connectivity index (χ1v) is 7.82. The van der Waals surface area contributed by atoms with Crippen molar-refractivity contribution in [3.8, 4) is 0 Å². The van der Waals surface area contributed by atoms with Crippen LogP contribution in [-0.4, -0.2) is 29.5 Å². The predicted octanol–water partition coefficient (Wildman–Crippen LogP) is 2.00. The van der Waals surface area contributed by atoms with Crippen LogP contribution < -0.4 is 4.72 Å². The minimum absolute atomic E-state index is 0.00692. The van der Waals surface area contributed by atoms with E-state index >= 15 is 0 Å². The molecule has 0 amide bonds. The first-order chi connectivity index (χ1) is 9.29. The topological polar surface area (TPSA) is 109 Å². The molecule has 0 bridgehead atoms. The third-order valence-electron chi connectivity index (χ3n) is 2.24. The molecule has 2 aromatic rings. The van der Waals surface area contributed by atoms with Crippen molar-refractivity contribution in [1.82, 2.24) is 9.97 Å². The summed E-state index contributed by atoms with van der Waals surface area (Å²) in [7, 11) is -3.93. The van der Waals surface area contributed by atoms with Gasteiger partial charge in [0.2, 0.25) is 5.28 Å². The van der Waals surface area contributed by atoms with Gasteiger partial charge in [-0.15, -0.1) is 11.3 Å². The summed E-state index contributed by atoms with van der Waals surface area (Å²) in [5.41, 5.74) is 0. The molecule has 0 aliphatic heterocycles. The van der Waals surface area contributed by atoms with Crippen molar-refractivity contribution in [2.24, 2.45) is 0 Å². The first kappa shape index (κ1) is 14.7. The Morgan fingerprint density at radius 1 is 1.50 bits per heavy atom. The van der Waals surface area contributed by atoms with Crippen LogP contribution in [0.4, 0.5) is 5.82 Å². The van der Waals surface area contributed by atoms with Gasteiger partial charge in [0.25, 0.3) is 10.0 Å². The third-order valence-corrected chi connectivity index (χ3v) is 5.07. The number of carboxylic acid groups (broad SMARTS) is 1. The van der Waals surface area contributed by atoms with E-state index in [4.69, 9.17) is 16.7 Å². The Morgan fingerprint density at radius 2 is 2.20 bits per heavy atom. The number of nitrogens with one attached hydrogen (secondary N) is 1. The monoisotopic (exact) mass is 333 g/mol. The predicted molar refractivity (Wildman–Crippen MR) is 73.9 cm³/mol. The molecule has 7 nitrogen and oxygen atoms in total. The van der Waals surface area contributed by atoms with Crippen LogP contribution >= 0.6 is 22.9 Å². The van der Waals surface area contributed by atoms with Gasteiger partial charge in [-0.1, -0.05) is 0 Å². The maximum absolute atomic E-state index is 12.2. The Bertz CT molecular complexity index is 773. The van der Waals surface area contributed by atoms with Gasteiger partial charge in [0.15, 0.2) is 0 Å². The molecule has 0 aliphatic carbocycles. The fraction of sp³-hybridized carbons (Fsp3) is 0.100. The molecule has 2 heterocycles. The molecule has 0 saturated carbocycles. The zero-order valence-electron chi connectivity index (χ0n) is 9.99. The van der Waals surface area contributed by atoms with Gasteiger partial charge in [0, 0.05) is 11.1 Å². The second kappa shape index (κ2) is 5.35. The number of aromatic carboxylic acids is 1. The number of anilines is 1. The lowest BCUT2D eigenvalue weighted by Crippen LogP contribution is -2.14. The van der Waals surface area contributed by atoms with E-state index in [9.17, 15) is 13.2 Å². The Kier molecular flexibility index (Phi) is 3.93. The molecule has 0 aromatic carbocycles. The van der Waals surface area contributed by atoms with Crippen molar-refractivity contribution in [1.29, 1.82) is 0 Å². The van der Waals surface area contributed by atoms with Crippen molar-refractivity contribution in [2.75, 3.05) is 4.72 Å². The number of carbonyl (C=O) groups is 1. The van der Waals surface area contributed by atoms with Crippen LogP contribution in [0.1, 0.15) is 14.5 Å². The van der Waals surface area contributed by atoms with Gasteiger partial charge >= 0.3 is 5.97 Å². The van der Waals surface area contributed by atoms with Crippen LogP contribution in [0, 0.1) is 6.92 Å². The average molecular weight is 334 g/mol. The molecule has 0 unspecified atom stereocenters. The van der Waals surface area contributed by atoms with Gasteiger partial charge in [0.1, 0.15) is 15.6 Å². The fourth-order valence-corrected chi connectivity index (χ4v) is 4.00. The highest BCUT2D eigenvalue weighted by Crippen LogP contribution is 2.27. The Labute approximate surface area is 123 Å². The molecule has 0 spiro atoms. The molecule has 2 aromatic heterocycles. The molecule has 0 fully saturated rings. The second-order valence-electron chi connectivity index (χ2n) is 3.65. The second-order valence-corrected chi connectivity index (χ2v) is 6.90. The number of thiophene rings is 1. The van der Waals surface area contributed by atoms with Crippen LogP contribution in [0.2, 0.25) is 5.28 Å². The van der Waals surface area contributed by atoms with Gasteiger partial charge < -0.3 is 5.11 Å². The molecule has 2 rings (SSSR count). The molecule has 0 atom stereocenters. The Balaban J connectivity index is 2.38. The molecule has 20 heavy (non-hydrogen) atoms. The summed E-state index contributed by atoms with van der Waals surface area (Å²) >= 11 is 6.45. The number of rotatable bonds is 4. The summed E-state index contributed by atoms with van der Waals surface area (Å²) in [6, 6.07) is 2.44. The average Bonchev–Trinajstić information content (AvgIpc) is 2.71. The van der Waals surface area contributed by atoms with Crippen molar-refractivity contribution in [2.45, 2.75) is 11.8 Å². The largest absolute Gasteiger partial charge is 0.477 e. The summed E-state index contributed by atoms with van der Waals surface area (Å²) in [4.78, 5) is 18.4. The van der Waals surface area contributed by atoms with Crippen molar-refractivity contribution in [3.63, 3.8) is 0 Å². The molecule has 10 heteroatoms. The van der Waals surface area contributed by atoms with Crippen molar-refractivity contribution < 1.29 is 18.3 Å². The van der Waals surface area contributed by atoms with Crippen molar-refractivity contribution >= 4 is 44.7 Å². The van der Waals surface area contributed by atoms with E-state index in [1.165, 1.54) is 19.2 Å². The lowest BCUT2D eigenvalue weighted by atomic mass is 10.4. The molecule has 2 N–H and O–H groups in total. The van der Waals surface area contributed by atoms with Crippen molar-refractivity contribution in [3.05, 3.63) is 33.4 Å². The van der Waals surface area contributed by atoms with Crippen LogP contribution in [0.5, 0.6) is 0 Å². The molecular formula is C10H8ClN3O4S2. The zero-order valence-corrected chi connectivity index (χ0v) is 12.4. The molecule has 0 aliphatic rings. The maximum Gasteiger partial charge on any atom is 0.345 e. The summed E-state index contributed by atoms with van der Waals surface area (Å²) in [6.45, 7) is 1.53. The minimum atomic E-state index is -3.93. The zero-order chi connectivity index (χ0) is 14.9. The van der Waals surface area contributed by atoms with Crippen LogP contribution in [0.15, 0.2) is 23.2 Å². The van der Waals surface area contributed by atoms with Gasteiger partial charge in [-0.2, -0.15) is 4.98 Å². The molecule has 106 valence electrons. The lowest BCUT2D eigenvalue weighted by molar-refractivity contribution is 0.0702. The molecule has 0 saturated heterocycles. The third kappa shape index (κ3) is 3.06. The number of carboxylic acids is 1. The number of nitrogens with zero attached hydrogens (tertiary/aromatic N) is 2. The lowest BCUT2D eigenvalue weighted by Gasteiger charge is -2.06. The van der Waals surface area contributed by atoms with Gasteiger partial charge in [-0.3, -0.25) is 4.72 Å². The number of hydrogen-bond donors (Lipinski definition) is 2. The van der Waals surface area contributed by atoms with E-state index in [2.05, 4.69) is 14.7 Å². The number of sulfonamides is 1. The standard InChI is InChI=1S/C10H8ClN3O4S2/c1-5-7(4-6(19-5)9(15)16)20(17,18)14-8-2-3-12-10(11)13-8/h2-4H,1H3,(H,15,16)(H,12,13,14). The smallest absolute Gasteiger partial charge is 0.345 e. The minimum Gasteiger partial charge on any atom is -0.477 e. The maximum atomic E-state index is 12.2. The molecule has 0 radical (unpaired) electrons. The highest BCUT2D eigenvalue weighted by Gasteiger charge is 2.22. The number of halogens is 1. The van der Waals surface area contributed by atoms with E-state index in [0.29, 0.717) is 4.88 Å². The van der Waals surface area contributed by atoms with Crippen LogP contribution in [0.25, 0.3) is 0 Å². The number of aromatic nitrogens is 2. The Hall–Kier alpha value is -1.71. The summed E-state index contributed by atoms with van der Waals surface area (Å²) in [5, 5.41) is 8.77. The van der Waals surface area contributed by atoms with E-state index in [1.54, 1.807) is 0 Å². The van der Waals surface area contributed by atoms with Gasteiger partial charge in [-0.25, -0.2) is 18.2 Å². The van der Waals surface area contributed by atoms with Gasteiger partial charge in [0.05, 0.1) is 0 Å². The van der Waals surface area contributed by atoms with Crippen LogP contribution in [-0.2, 0) is 10.0 Å². The summed E-state index contributed by atoms with van der Waals surface area (Å²) in [5.74, 6) is -1.17. The number of hydrogen-bond acceptors (Lipinski definition) is 6. The SMILES string of the molecule is Cc1sc(C(=O)O)cc1S(=O)(=O)Nc1ccnc(Cl)n1. The van der Waals surface area contributed by atoms with Gasteiger partial charge in [-0.05, 0) is 30.7 Å². The van der Waals surface area contributed by atoms with E-state index in [1.807, 2.05) is 0 Å². The number of aryl methyl sites for hydroxylation is 1. The normalized spacial score (nSPS) is 11.3. The first-order valence-electron chi connectivity index (χ1n) is 5.14. The van der Waals surface area contributed by atoms with Crippen LogP contribution in [0.3, 0.4) is 0 Å². The van der Waals surface area contributed by atoms with E-state index < -0.39 is 16.0 Å².